The number of aliphatic hydroxyl groups is 1. The Bertz CT molecular complexity index is 1680. The van der Waals surface area contributed by atoms with E-state index in [0.29, 0.717) is 61.8 Å². The number of nitrogens with zero attached hydrogens (tertiary/aromatic N) is 3. The first kappa shape index (κ1) is 29.0. The Morgan fingerprint density at radius 2 is 1.86 bits per heavy atom. The van der Waals surface area contributed by atoms with Gasteiger partial charge in [-0.1, -0.05) is 36.4 Å². The van der Waals surface area contributed by atoms with Gasteiger partial charge in [-0.05, 0) is 67.3 Å². The molecule has 3 heterocycles. The van der Waals surface area contributed by atoms with Crippen LogP contribution in [0.25, 0.3) is 5.76 Å². The second-order valence-corrected chi connectivity index (χ2v) is 11.0. The minimum absolute atomic E-state index is 0.0306. The van der Waals surface area contributed by atoms with Crippen molar-refractivity contribution >= 4 is 17.4 Å². The maximum Gasteiger partial charge on any atom is 0.295 e. The summed E-state index contributed by atoms with van der Waals surface area (Å²) in [6, 6.07) is 19.8. The molecule has 0 saturated carbocycles. The molecule has 3 aromatic carbocycles. The number of amides is 1. The molecule has 2 atom stereocenters. The molecule has 1 N–H and O–H groups in total. The molecular weight excluding hydrogens is 558 g/mol. The highest BCUT2D eigenvalue weighted by atomic mass is 16.5. The van der Waals surface area contributed by atoms with E-state index in [4.69, 9.17) is 14.2 Å². The van der Waals surface area contributed by atoms with Crippen molar-refractivity contribution < 1.29 is 28.9 Å². The number of hydrogen-bond donors (Lipinski definition) is 1. The summed E-state index contributed by atoms with van der Waals surface area (Å²) in [5, 5.41) is 11.6. The molecule has 2 aliphatic heterocycles. The van der Waals surface area contributed by atoms with E-state index in [-0.39, 0.29) is 17.4 Å². The topological polar surface area (TPSA) is 103 Å². The van der Waals surface area contributed by atoms with Gasteiger partial charge in [0, 0.05) is 37.5 Å². The first-order valence-corrected chi connectivity index (χ1v) is 14.9. The molecule has 0 bridgehead atoms. The lowest BCUT2D eigenvalue weighted by Crippen LogP contribution is -2.31. The monoisotopic (exact) mass is 593 g/mol. The number of ether oxygens (including phenoxy) is 3. The van der Waals surface area contributed by atoms with Gasteiger partial charge >= 0.3 is 0 Å². The number of rotatable bonds is 11. The highest BCUT2D eigenvalue weighted by Gasteiger charge is 2.46. The zero-order valence-corrected chi connectivity index (χ0v) is 24.8. The second-order valence-electron chi connectivity index (χ2n) is 11.0. The molecule has 226 valence electrons. The number of aromatic nitrogens is 2. The van der Waals surface area contributed by atoms with Crippen LogP contribution in [-0.2, 0) is 29.2 Å². The summed E-state index contributed by atoms with van der Waals surface area (Å²) in [5.41, 5.74) is 3.12. The average molecular weight is 594 g/mol. The molecule has 6 rings (SSSR count). The first-order chi connectivity index (χ1) is 21.4. The van der Waals surface area contributed by atoms with Gasteiger partial charge < -0.3 is 28.8 Å². The predicted molar refractivity (Wildman–Crippen MR) is 164 cm³/mol. The van der Waals surface area contributed by atoms with Crippen molar-refractivity contribution in [3.8, 4) is 17.2 Å². The summed E-state index contributed by atoms with van der Waals surface area (Å²) >= 11 is 0. The van der Waals surface area contributed by atoms with Crippen molar-refractivity contribution in [2.24, 2.45) is 0 Å². The van der Waals surface area contributed by atoms with Crippen LogP contribution < -0.4 is 14.2 Å². The van der Waals surface area contributed by atoms with Crippen molar-refractivity contribution in [2.45, 2.75) is 52.0 Å². The SMILES string of the molecule is CCOc1cc([C@H]2C(=C(O)c3ccc4c(c3)C[C@@H](C)O4)C(=O)C(=O)N2CCCn2ccnc2)ccc1OCc1ccccc1. The summed E-state index contributed by atoms with van der Waals surface area (Å²) < 4.78 is 19.8. The molecular formula is C35H35N3O6. The third-order valence-corrected chi connectivity index (χ3v) is 7.90. The number of aryl methyl sites for hydroxylation is 1. The number of Topliss-reactive ketones (excluding diaryl/α,β-unsaturated/α-hetero) is 1. The zero-order chi connectivity index (χ0) is 30.6. The van der Waals surface area contributed by atoms with Crippen LogP contribution in [0, 0.1) is 0 Å². The first-order valence-electron chi connectivity index (χ1n) is 14.9. The van der Waals surface area contributed by atoms with Gasteiger partial charge in [0.2, 0.25) is 0 Å². The van der Waals surface area contributed by atoms with E-state index in [0.717, 1.165) is 16.9 Å². The Labute approximate surface area is 256 Å². The summed E-state index contributed by atoms with van der Waals surface area (Å²) in [6.07, 6.45) is 6.59. The smallest absolute Gasteiger partial charge is 0.295 e. The van der Waals surface area contributed by atoms with Crippen molar-refractivity contribution in [3.05, 3.63) is 113 Å². The molecule has 44 heavy (non-hydrogen) atoms. The number of ketones is 1. The van der Waals surface area contributed by atoms with Crippen LogP contribution in [0.5, 0.6) is 17.2 Å². The van der Waals surface area contributed by atoms with Crippen molar-refractivity contribution in [1.29, 1.82) is 0 Å². The lowest BCUT2D eigenvalue weighted by atomic mass is 9.94. The number of hydrogen-bond acceptors (Lipinski definition) is 7. The quantitative estimate of drug-likeness (QED) is 0.135. The number of aliphatic hydroxyl groups excluding tert-OH is 1. The maximum absolute atomic E-state index is 13.6. The molecule has 0 aliphatic carbocycles. The van der Waals surface area contributed by atoms with Crippen LogP contribution in [0.1, 0.15) is 48.6 Å². The van der Waals surface area contributed by atoms with Crippen LogP contribution >= 0.6 is 0 Å². The van der Waals surface area contributed by atoms with Crippen LogP contribution in [0.4, 0.5) is 0 Å². The van der Waals surface area contributed by atoms with E-state index in [9.17, 15) is 14.7 Å². The van der Waals surface area contributed by atoms with Crippen LogP contribution in [0.3, 0.4) is 0 Å². The Balaban J connectivity index is 1.37. The van der Waals surface area contributed by atoms with Gasteiger partial charge in [-0.25, -0.2) is 4.98 Å². The normalized spacial score (nSPS) is 18.7. The standard InChI is InChI=1S/C35H35N3O6/c1-3-42-30-20-25(10-13-29(30)43-21-24-8-5-4-6-9-24)32-31(33(39)26-11-12-28-27(19-26)18-23(2)44-28)34(40)35(41)38(32)16-7-15-37-17-14-36-22-37/h4-6,8-14,17,19-20,22-23,32,39H,3,7,15-16,18,21H2,1-2H3/t23-,32+/m1/s1. The Hall–Kier alpha value is -5.05. The second kappa shape index (κ2) is 12.7. The van der Waals surface area contributed by atoms with Gasteiger partial charge in [-0.15, -0.1) is 0 Å². The summed E-state index contributed by atoms with van der Waals surface area (Å²) in [6.45, 7) is 5.54. The summed E-state index contributed by atoms with van der Waals surface area (Å²) in [5.74, 6) is 0.219. The van der Waals surface area contributed by atoms with Gasteiger partial charge in [-0.2, -0.15) is 0 Å². The fourth-order valence-electron chi connectivity index (χ4n) is 5.84. The van der Waals surface area contributed by atoms with E-state index < -0.39 is 17.7 Å². The summed E-state index contributed by atoms with van der Waals surface area (Å²) in [7, 11) is 0. The highest BCUT2D eigenvalue weighted by Crippen LogP contribution is 2.43. The van der Waals surface area contributed by atoms with Crippen LogP contribution in [-0.4, -0.2) is 50.5 Å². The minimum Gasteiger partial charge on any atom is -0.507 e. The highest BCUT2D eigenvalue weighted by molar-refractivity contribution is 6.46. The van der Waals surface area contributed by atoms with E-state index in [1.807, 2.05) is 67.1 Å². The van der Waals surface area contributed by atoms with Gasteiger partial charge in [0.15, 0.2) is 11.5 Å². The number of carbonyl (C=O) groups excluding carboxylic acids is 2. The van der Waals surface area contributed by atoms with Crippen LogP contribution in [0.2, 0.25) is 0 Å². The fraction of sp³-hybridized carbons (Fsp3) is 0.286. The molecule has 1 aromatic heterocycles. The zero-order valence-electron chi connectivity index (χ0n) is 24.8. The van der Waals surface area contributed by atoms with E-state index in [1.165, 1.54) is 0 Å². The molecule has 0 unspecified atom stereocenters. The minimum atomic E-state index is -0.816. The van der Waals surface area contributed by atoms with E-state index in [1.54, 1.807) is 41.7 Å². The third-order valence-electron chi connectivity index (χ3n) is 7.90. The maximum atomic E-state index is 13.6. The Morgan fingerprint density at radius 3 is 2.64 bits per heavy atom. The lowest BCUT2D eigenvalue weighted by Gasteiger charge is -2.26. The van der Waals surface area contributed by atoms with Crippen molar-refractivity contribution in [3.63, 3.8) is 0 Å². The number of fused-ring (bicyclic) bond motifs is 1. The van der Waals surface area contributed by atoms with Gasteiger partial charge in [-0.3, -0.25) is 9.59 Å². The van der Waals surface area contributed by atoms with Crippen LogP contribution in [0.15, 0.2) is 91.0 Å². The molecule has 0 spiro atoms. The largest absolute Gasteiger partial charge is 0.507 e. The molecule has 1 saturated heterocycles. The molecule has 9 heteroatoms. The summed E-state index contributed by atoms with van der Waals surface area (Å²) in [4.78, 5) is 32.8. The third kappa shape index (κ3) is 5.90. The molecule has 1 fully saturated rings. The lowest BCUT2D eigenvalue weighted by molar-refractivity contribution is -0.139. The van der Waals surface area contributed by atoms with E-state index in [2.05, 4.69) is 4.98 Å². The predicted octanol–water partition coefficient (Wildman–Crippen LogP) is 5.70. The number of likely N-dealkylation sites (tertiary alicyclic amines) is 1. The number of imidazole rings is 1. The average Bonchev–Trinajstić information content (AvgIpc) is 3.75. The van der Waals surface area contributed by atoms with Gasteiger partial charge in [0.25, 0.3) is 11.7 Å². The van der Waals surface area contributed by atoms with E-state index >= 15 is 0 Å². The van der Waals surface area contributed by atoms with Crippen molar-refractivity contribution in [1.82, 2.24) is 14.5 Å². The Morgan fingerprint density at radius 1 is 1.02 bits per heavy atom. The van der Waals surface area contributed by atoms with Gasteiger partial charge in [0.1, 0.15) is 24.2 Å². The molecule has 4 aromatic rings. The molecule has 0 radical (unpaired) electrons. The fourth-order valence-corrected chi connectivity index (χ4v) is 5.84. The molecule has 2 aliphatic rings. The number of carbonyl (C=O) groups is 2. The number of benzene rings is 3. The Kier molecular flexibility index (Phi) is 8.36. The van der Waals surface area contributed by atoms with Crippen molar-refractivity contribution in [2.75, 3.05) is 13.2 Å². The molecule has 1 amide bonds. The molecule has 9 nitrogen and oxygen atoms in total. The van der Waals surface area contributed by atoms with Gasteiger partial charge in [0.05, 0.1) is 24.5 Å².